The van der Waals surface area contributed by atoms with E-state index < -0.39 is 6.23 Å². The van der Waals surface area contributed by atoms with Gasteiger partial charge in [-0.1, -0.05) is 34.1 Å². The Morgan fingerprint density at radius 1 is 1.07 bits per heavy atom. The molecule has 0 aromatic heterocycles. The summed E-state index contributed by atoms with van der Waals surface area (Å²) in [5, 5.41) is 17.4. The monoisotopic (exact) mass is 450 g/mol. The van der Waals surface area contributed by atoms with Crippen LogP contribution in [-0.2, 0) is 0 Å². The number of para-hydroxylation sites is 1. The van der Waals surface area contributed by atoms with Crippen LogP contribution in [0.2, 0.25) is 0 Å². The normalized spacial score (nSPS) is 19.8. The van der Waals surface area contributed by atoms with E-state index >= 15 is 0 Å². The van der Waals surface area contributed by atoms with Crippen LogP contribution < -0.4 is 9.47 Å². The molecule has 2 aliphatic heterocycles. The average Bonchev–Trinajstić information content (AvgIpc) is 3.21. The number of ether oxygens (including phenoxy) is 2. The quantitative estimate of drug-likeness (QED) is 0.579. The molecule has 3 aromatic carbocycles. The molecule has 2 atom stereocenters. The summed E-state index contributed by atoms with van der Waals surface area (Å²) in [6.07, 6.45) is 0.251. The Bertz CT molecular complexity index is 1100. The minimum atomic E-state index is -0.511. The van der Waals surface area contributed by atoms with Crippen LogP contribution in [0.25, 0.3) is 0 Å². The minimum Gasteiger partial charge on any atom is -0.507 e. The average molecular weight is 451 g/mol. The molecule has 0 amide bonds. The Kier molecular flexibility index (Phi) is 4.43. The summed E-state index contributed by atoms with van der Waals surface area (Å²) >= 11 is 3.50. The van der Waals surface area contributed by atoms with Gasteiger partial charge in [0.05, 0.1) is 24.4 Å². The number of phenols is 1. The summed E-state index contributed by atoms with van der Waals surface area (Å²) in [4.78, 5) is 0. The van der Waals surface area contributed by atoms with Crippen molar-refractivity contribution in [1.82, 2.24) is 5.01 Å². The lowest BCUT2D eigenvalue weighted by Gasteiger charge is -2.38. The summed E-state index contributed by atoms with van der Waals surface area (Å²) in [7, 11) is 1.66. The molecule has 5 rings (SSSR count). The Hall–Kier alpha value is -2.99. The van der Waals surface area contributed by atoms with Crippen molar-refractivity contribution < 1.29 is 14.6 Å². The molecular formula is C23H19BrN2O3. The predicted molar refractivity (Wildman–Crippen MR) is 114 cm³/mol. The molecule has 1 N–H and O–H groups in total. The molecule has 0 unspecified atom stereocenters. The summed E-state index contributed by atoms with van der Waals surface area (Å²) in [6, 6.07) is 21.4. The molecule has 146 valence electrons. The highest BCUT2D eigenvalue weighted by atomic mass is 79.9. The van der Waals surface area contributed by atoms with Crippen molar-refractivity contribution in [2.24, 2.45) is 5.10 Å². The summed E-state index contributed by atoms with van der Waals surface area (Å²) in [5.74, 6) is 1.82. The van der Waals surface area contributed by atoms with Gasteiger partial charge in [-0.25, -0.2) is 5.01 Å². The van der Waals surface area contributed by atoms with Gasteiger partial charge in [-0.15, -0.1) is 0 Å². The molecular weight excluding hydrogens is 432 g/mol. The van der Waals surface area contributed by atoms with E-state index in [1.807, 2.05) is 59.6 Å². The highest BCUT2D eigenvalue weighted by Crippen LogP contribution is 2.48. The van der Waals surface area contributed by atoms with Gasteiger partial charge in [0.2, 0.25) is 6.23 Å². The molecule has 29 heavy (non-hydrogen) atoms. The zero-order valence-corrected chi connectivity index (χ0v) is 17.3. The highest BCUT2D eigenvalue weighted by Gasteiger charge is 2.41. The minimum absolute atomic E-state index is 0.0421. The van der Waals surface area contributed by atoms with E-state index in [-0.39, 0.29) is 11.8 Å². The number of nitrogens with zero attached hydrogens (tertiary/aromatic N) is 2. The van der Waals surface area contributed by atoms with Crippen molar-refractivity contribution in [1.29, 1.82) is 0 Å². The zero-order valence-electron chi connectivity index (χ0n) is 15.7. The number of halogens is 1. The Balaban J connectivity index is 1.59. The van der Waals surface area contributed by atoms with Gasteiger partial charge in [0.25, 0.3) is 0 Å². The number of hydrazone groups is 1. The fourth-order valence-electron chi connectivity index (χ4n) is 3.92. The van der Waals surface area contributed by atoms with Crippen LogP contribution in [0.1, 0.15) is 35.4 Å². The largest absolute Gasteiger partial charge is 0.507 e. The summed E-state index contributed by atoms with van der Waals surface area (Å²) < 4.78 is 12.5. The first-order valence-corrected chi connectivity index (χ1v) is 10.2. The van der Waals surface area contributed by atoms with Crippen LogP contribution in [0.15, 0.2) is 76.3 Å². The maximum atomic E-state index is 10.5. The van der Waals surface area contributed by atoms with Crippen molar-refractivity contribution >= 4 is 21.6 Å². The third kappa shape index (κ3) is 3.13. The second-order valence-corrected chi connectivity index (χ2v) is 8.00. The van der Waals surface area contributed by atoms with Crippen LogP contribution in [0, 0.1) is 0 Å². The lowest BCUT2D eigenvalue weighted by molar-refractivity contribution is -0.0203. The number of methoxy groups -OCH3 is 1. The molecule has 2 heterocycles. The number of hydrogen-bond donors (Lipinski definition) is 1. The van der Waals surface area contributed by atoms with Gasteiger partial charge in [-0.3, -0.25) is 0 Å². The molecule has 0 spiro atoms. The number of phenolic OH excluding ortho intramolecular Hbond substituents is 1. The number of benzene rings is 3. The third-order valence-electron chi connectivity index (χ3n) is 5.38. The van der Waals surface area contributed by atoms with Crippen molar-refractivity contribution in [3.8, 4) is 17.2 Å². The van der Waals surface area contributed by atoms with E-state index in [1.54, 1.807) is 13.2 Å². The zero-order chi connectivity index (χ0) is 20.0. The third-order valence-corrected chi connectivity index (χ3v) is 5.87. The molecule has 5 nitrogen and oxygen atoms in total. The molecule has 0 saturated heterocycles. The maximum Gasteiger partial charge on any atom is 0.217 e. The van der Waals surface area contributed by atoms with Gasteiger partial charge >= 0.3 is 0 Å². The fourth-order valence-corrected chi connectivity index (χ4v) is 4.30. The molecule has 0 aliphatic carbocycles. The lowest BCUT2D eigenvalue weighted by atomic mass is 9.96. The van der Waals surface area contributed by atoms with Gasteiger partial charge in [0.1, 0.15) is 17.2 Å². The van der Waals surface area contributed by atoms with Gasteiger partial charge in [0.15, 0.2) is 0 Å². The Labute approximate surface area is 177 Å². The van der Waals surface area contributed by atoms with Gasteiger partial charge in [-0.05, 0) is 54.1 Å². The van der Waals surface area contributed by atoms with Crippen molar-refractivity contribution in [3.63, 3.8) is 0 Å². The molecule has 0 radical (unpaired) electrons. The first kappa shape index (κ1) is 18.1. The Morgan fingerprint density at radius 3 is 2.66 bits per heavy atom. The van der Waals surface area contributed by atoms with E-state index in [0.29, 0.717) is 5.56 Å². The van der Waals surface area contributed by atoms with E-state index in [0.717, 1.165) is 39.2 Å². The molecule has 0 saturated carbocycles. The number of hydrogen-bond acceptors (Lipinski definition) is 5. The maximum absolute atomic E-state index is 10.5. The number of fused-ring (bicyclic) bond motifs is 3. The standard InChI is InChI=1S/C23H19BrN2O3/c1-28-16-9-6-14(7-10-16)19-13-20-17-4-2-3-5-22(17)29-23(26(20)25-19)18-12-15(24)8-11-21(18)27/h2-12,20,23,27H,13H2,1H3/t20-,23+/m1/s1. The van der Waals surface area contributed by atoms with Crippen LogP contribution in [0.3, 0.4) is 0 Å². The summed E-state index contributed by atoms with van der Waals surface area (Å²) in [5.41, 5.74) is 3.82. The second kappa shape index (κ2) is 7.12. The number of aromatic hydroxyl groups is 1. The molecule has 0 fully saturated rings. The topological polar surface area (TPSA) is 54.3 Å². The molecule has 6 heteroatoms. The van der Waals surface area contributed by atoms with Crippen molar-refractivity contribution in [3.05, 3.63) is 87.9 Å². The SMILES string of the molecule is COc1ccc(C2=NN3[C@H](C2)c2ccccc2O[C@H]3c2cc(Br)ccc2O)cc1. The van der Waals surface area contributed by atoms with Crippen LogP contribution in [-0.4, -0.2) is 22.9 Å². The van der Waals surface area contributed by atoms with Crippen molar-refractivity contribution in [2.45, 2.75) is 18.7 Å². The van der Waals surface area contributed by atoms with Crippen LogP contribution >= 0.6 is 15.9 Å². The summed E-state index contributed by atoms with van der Waals surface area (Å²) in [6.45, 7) is 0. The second-order valence-electron chi connectivity index (χ2n) is 7.09. The van der Waals surface area contributed by atoms with Gasteiger partial charge < -0.3 is 14.6 Å². The van der Waals surface area contributed by atoms with Gasteiger partial charge in [-0.2, -0.15) is 5.10 Å². The molecule has 2 aliphatic rings. The van der Waals surface area contributed by atoms with Crippen molar-refractivity contribution in [2.75, 3.05) is 7.11 Å². The highest BCUT2D eigenvalue weighted by molar-refractivity contribution is 9.10. The first-order valence-electron chi connectivity index (χ1n) is 9.38. The van der Waals surface area contributed by atoms with E-state index in [9.17, 15) is 5.11 Å². The Morgan fingerprint density at radius 2 is 1.86 bits per heavy atom. The first-order chi connectivity index (χ1) is 14.1. The van der Waals surface area contributed by atoms with Crippen LogP contribution in [0.4, 0.5) is 0 Å². The van der Waals surface area contributed by atoms with E-state index in [4.69, 9.17) is 14.6 Å². The predicted octanol–water partition coefficient (Wildman–Crippen LogP) is 5.41. The molecule has 0 bridgehead atoms. The van der Waals surface area contributed by atoms with Gasteiger partial charge in [0, 0.05) is 16.5 Å². The van der Waals surface area contributed by atoms with E-state index in [2.05, 4.69) is 22.0 Å². The molecule has 3 aromatic rings. The van der Waals surface area contributed by atoms with Crippen LogP contribution in [0.5, 0.6) is 17.2 Å². The van der Waals surface area contributed by atoms with E-state index in [1.165, 1.54) is 0 Å². The smallest absolute Gasteiger partial charge is 0.217 e. The number of rotatable bonds is 3. The fraction of sp³-hybridized carbons (Fsp3) is 0.174. The lowest BCUT2D eigenvalue weighted by Crippen LogP contribution is -2.33.